The number of halogens is 1. The first-order chi connectivity index (χ1) is 13.9. The van der Waals surface area contributed by atoms with Crippen molar-refractivity contribution in [2.75, 3.05) is 10.2 Å². The summed E-state index contributed by atoms with van der Waals surface area (Å²) in [4.78, 5) is 26.8. The molecule has 0 saturated carbocycles. The average Bonchev–Trinajstić information content (AvgIpc) is 3.23. The minimum atomic E-state index is -0.559. The Morgan fingerprint density at radius 2 is 1.83 bits per heavy atom. The van der Waals surface area contributed by atoms with E-state index in [1.54, 1.807) is 18.2 Å². The third-order valence-corrected chi connectivity index (χ3v) is 6.64. The summed E-state index contributed by atoms with van der Waals surface area (Å²) in [5.41, 5.74) is 2.72. The second-order valence-corrected chi connectivity index (χ2v) is 9.02. The van der Waals surface area contributed by atoms with E-state index in [0.29, 0.717) is 20.8 Å². The van der Waals surface area contributed by atoms with E-state index in [4.69, 9.17) is 0 Å². The lowest BCUT2D eigenvalue weighted by atomic mass is 10.1. The van der Waals surface area contributed by atoms with Gasteiger partial charge in [0.2, 0.25) is 16.9 Å². The molecule has 29 heavy (non-hydrogen) atoms. The third-order valence-electron chi connectivity index (χ3n) is 4.53. The van der Waals surface area contributed by atoms with Gasteiger partial charge in [0, 0.05) is 6.42 Å². The van der Waals surface area contributed by atoms with Crippen LogP contribution in [0.5, 0.6) is 0 Å². The first-order valence-corrected chi connectivity index (χ1v) is 10.6. The van der Waals surface area contributed by atoms with E-state index in [0.717, 1.165) is 11.1 Å². The Hall–Kier alpha value is -2.78. The zero-order valence-corrected chi connectivity index (χ0v) is 17.3. The Kier molecular flexibility index (Phi) is 5.33. The van der Waals surface area contributed by atoms with Crippen LogP contribution in [0.2, 0.25) is 0 Å². The molecule has 1 N–H and O–H groups in total. The van der Waals surface area contributed by atoms with Gasteiger partial charge in [0.1, 0.15) is 11.1 Å². The lowest BCUT2D eigenvalue weighted by molar-refractivity contribution is -0.121. The molecule has 1 aromatic heterocycles. The molecule has 0 unspecified atom stereocenters. The number of aromatic nitrogens is 2. The van der Waals surface area contributed by atoms with E-state index in [1.807, 2.05) is 32.0 Å². The van der Waals surface area contributed by atoms with Crippen molar-refractivity contribution in [1.29, 1.82) is 0 Å². The second-order valence-electron chi connectivity index (χ2n) is 6.60. The van der Waals surface area contributed by atoms with Crippen molar-refractivity contribution < 1.29 is 14.0 Å². The molecule has 3 aromatic rings. The number of para-hydroxylation sites is 2. The van der Waals surface area contributed by atoms with Gasteiger partial charge in [0.25, 0.3) is 0 Å². The molecule has 1 atom stereocenters. The molecular formula is C20H17FN4O2S2. The van der Waals surface area contributed by atoms with Gasteiger partial charge in [-0.05, 0) is 37.1 Å². The van der Waals surface area contributed by atoms with Crippen molar-refractivity contribution in [3.63, 3.8) is 0 Å². The summed E-state index contributed by atoms with van der Waals surface area (Å²) in [6.07, 6.45) is 0.104. The Labute approximate surface area is 175 Å². The number of aryl methyl sites for hydroxylation is 2. The molecule has 6 nitrogen and oxygen atoms in total. The molecule has 0 radical (unpaired) electrons. The number of anilines is 3. The van der Waals surface area contributed by atoms with Crippen LogP contribution in [0.3, 0.4) is 0 Å². The van der Waals surface area contributed by atoms with E-state index in [9.17, 15) is 14.0 Å². The van der Waals surface area contributed by atoms with Crippen LogP contribution < -0.4 is 10.2 Å². The smallest absolute Gasteiger partial charge is 0.247 e. The molecule has 1 aliphatic rings. The minimum Gasteiger partial charge on any atom is -0.328 e. The van der Waals surface area contributed by atoms with Crippen LogP contribution in [0.1, 0.15) is 17.5 Å². The molecule has 1 aliphatic heterocycles. The first-order valence-electron chi connectivity index (χ1n) is 8.89. The monoisotopic (exact) mass is 428 g/mol. The molecule has 148 valence electrons. The maximum atomic E-state index is 13.8. The molecule has 1 fully saturated rings. The molecule has 0 bridgehead atoms. The van der Waals surface area contributed by atoms with Gasteiger partial charge in [0.15, 0.2) is 4.34 Å². The topological polar surface area (TPSA) is 75.2 Å². The highest BCUT2D eigenvalue weighted by atomic mass is 32.2. The average molecular weight is 429 g/mol. The molecule has 2 aromatic carbocycles. The minimum absolute atomic E-state index is 0.104. The molecule has 1 saturated heterocycles. The van der Waals surface area contributed by atoms with Crippen LogP contribution in [0.15, 0.2) is 46.8 Å². The van der Waals surface area contributed by atoms with Crippen LogP contribution in [0, 0.1) is 19.7 Å². The predicted molar refractivity (Wildman–Crippen MR) is 112 cm³/mol. The van der Waals surface area contributed by atoms with Crippen LogP contribution in [0.25, 0.3) is 0 Å². The number of carbonyl (C=O) groups excluding carboxylic acids is 2. The number of nitrogens with one attached hydrogen (secondary N) is 1. The maximum absolute atomic E-state index is 13.8. The Balaban J connectivity index is 1.50. The highest BCUT2D eigenvalue weighted by molar-refractivity contribution is 8.02. The largest absolute Gasteiger partial charge is 0.328 e. The Morgan fingerprint density at radius 3 is 2.55 bits per heavy atom. The number of hydrogen-bond donors (Lipinski definition) is 1. The van der Waals surface area contributed by atoms with Gasteiger partial charge >= 0.3 is 0 Å². The number of rotatable bonds is 5. The lowest BCUT2D eigenvalue weighted by Gasteiger charge is -2.19. The maximum Gasteiger partial charge on any atom is 0.247 e. The third kappa shape index (κ3) is 3.88. The summed E-state index contributed by atoms with van der Waals surface area (Å²) in [5.74, 6) is -0.868. The number of amides is 2. The number of hydrogen-bond acceptors (Lipinski definition) is 7. The van der Waals surface area contributed by atoms with Crippen molar-refractivity contribution in [2.45, 2.75) is 29.9 Å². The fraction of sp³-hybridized carbons (Fsp3) is 0.200. The van der Waals surface area contributed by atoms with Crippen LogP contribution >= 0.6 is 23.1 Å². The second kappa shape index (κ2) is 7.92. The van der Waals surface area contributed by atoms with E-state index in [2.05, 4.69) is 15.5 Å². The summed E-state index contributed by atoms with van der Waals surface area (Å²) in [6, 6.07) is 11.9. The zero-order valence-electron chi connectivity index (χ0n) is 15.7. The van der Waals surface area contributed by atoms with Crippen molar-refractivity contribution in [3.05, 3.63) is 59.4 Å². The molecule has 2 heterocycles. The Bertz CT molecular complexity index is 1080. The fourth-order valence-corrected chi connectivity index (χ4v) is 5.23. The van der Waals surface area contributed by atoms with E-state index in [1.165, 1.54) is 34.1 Å². The molecule has 2 amide bonds. The first kappa shape index (κ1) is 19.5. The number of carbonyl (C=O) groups is 2. The molecule has 0 aliphatic carbocycles. The van der Waals surface area contributed by atoms with Gasteiger partial charge in [-0.3, -0.25) is 9.59 Å². The summed E-state index contributed by atoms with van der Waals surface area (Å²) in [5, 5.41) is 10.8. The van der Waals surface area contributed by atoms with Crippen molar-refractivity contribution >= 4 is 51.4 Å². The van der Waals surface area contributed by atoms with Crippen LogP contribution in [-0.2, 0) is 9.59 Å². The van der Waals surface area contributed by atoms with Gasteiger partial charge in [-0.1, -0.05) is 53.4 Å². The number of nitrogens with zero attached hydrogens (tertiary/aromatic N) is 3. The van der Waals surface area contributed by atoms with Gasteiger partial charge in [-0.2, -0.15) is 0 Å². The normalized spacial score (nSPS) is 16.5. The number of benzene rings is 2. The highest BCUT2D eigenvalue weighted by Crippen LogP contribution is 2.38. The van der Waals surface area contributed by atoms with Gasteiger partial charge < -0.3 is 5.32 Å². The van der Waals surface area contributed by atoms with E-state index < -0.39 is 11.1 Å². The van der Waals surface area contributed by atoms with Crippen molar-refractivity contribution in [3.8, 4) is 0 Å². The quantitative estimate of drug-likeness (QED) is 0.605. The van der Waals surface area contributed by atoms with E-state index in [-0.39, 0.29) is 18.2 Å². The zero-order chi connectivity index (χ0) is 20.5. The van der Waals surface area contributed by atoms with Crippen molar-refractivity contribution in [1.82, 2.24) is 10.2 Å². The standard InChI is InChI=1S/C20H17FN4O2S2/c1-11-6-5-7-12(2)17(11)25-16(26)10-15(18(25)27)28-20-24-23-19(29-20)22-14-9-4-3-8-13(14)21/h3-9,15H,10H2,1-2H3,(H,22,23)/t15-/m0/s1. The molecular weight excluding hydrogens is 411 g/mol. The fourth-order valence-electron chi connectivity index (χ4n) is 3.20. The number of thioether (sulfide) groups is 1. The number of imide groups is 1. The Morgan fingerprint density at radius 1 is 1.10 bits per heavy atom. The van der Waals surface area contributed by atoms with Gasteiger partial charge in [0.05, 0.1) is 11.4 Å². The van der Waals surface area contributed by atoms with Gasteiger partial charge in [-0.25, -0.2) is 9.29 Å². The van der Waals surface area contributed by atoms with Crippen LogP contribution in [0.4, 0.5) is 20.9 Å². The molecule has 9 heteroatoms. The van der Waals surface area contributed by atoms with Crippen molar-refractivity contribution in [2.24, 2.45) is 0 Å². The van der Waals surface area contributed by atoms with Gasteiger partial charge in [-0.15, -0.1) is 10.2 Å². The SMILES string of the molecule is Cc1cccc(C)c1N1C(=O)C[C@H](Sc2nnc(Nc3ccccc3F)s2)C1=O. The summed E-state index contributed by atoms with van der Waals surface area (Å²) in [6.45, 7) is 3.77. The summed E-state index contributed by atoms with van der Waals surface area (Å²) >= 11 is 2.42. The molecule has 4 rings (SSSR count). The lowest BCUT2D eigenvalue weighted by Crippen LogP contribution is -2.32. The van der Waals surface area contributed by atoms with E-state index >= 15 is 0 Å². The van der Waals surface area contributed by atoms with Crippen LogP contribution in [-0.4, -0.2) is 27.3 Å². The summed E-state index contributed by atoms with van der Waals surface area (Å²) < 4.78 is 14.3. The molecule has 0 spiro atoms. The highest BCUT2D eigenvalue weighted by Gasteiger charge is 2.41. The summed E-state index contributed by atoms with van der Waals surface area (Å²) in [7, 11) is 0. The predicted octanol–water partition coefficient (Wildman–Crippen LogP) is 4.46.